The molecule has 2 heterocycles. The number of hydrogen-bond donors (Lipinski definition) is 2. The summed E-state index contributed by atoms with van der Waals surface area (Å²) in [5, 5.41) is 23.0. The van der Waals surface area contributed by atoms with Crippen molar-refractivity contribution in [3.8, 4) is 11.5 Å². The number of carbonyl (C=O) groups is 1. The molecule has 0 aromatic carbocycles. The van der Waals surface area contributed by atoms with E-state index in [1.807, 2.05) is 16.8 Å². The molecule has 2 aromatic rings. The third kappa shape index (κ3) is 4.15. The molecule has 2 N–H and O–H groups in total. The number of aryl methyl sites for hydroxylation is 1. The van der Waals surface area contributed by atoms with Gasteiger partial charge in [-0.15, -0.1) is 10.2 Å². The normalized spacial score (nSPS) is 10.6. The third-order valence-corrected chi connectivity index (χ3v) is 3.14. The predicted molar refractivity (Wildman–Crippen MR) is 70.6 cm³/mol. The van der Waals surface area contributed by atoms with Crippen LogP contribution in [0.15, 0.2) is 21.2 Å². The lowest BCUT2D eigenvalue weighted by atomic mass is 10.3. The molecule has 0 spiro atoms. The Morgan fingerprint density at radius 3 is 3.11 bits per heavy atom. The van der Waals surface area contributed by atoms with Gasteiger partial charge in [0.15, 0.2) is 0 Å². The lowest BCUT2D eigenvalue weighted by Gasteiger charge is -2.01. The van der Waals surface area contributed by atoms with E-state index in [1.165, 1.54) is 0 Å². The Kier molecular flexibility index (Phi) is 5.05. The van der Waals surface area contributed by atoms with Crippen molar-refractivity contribution < 1.29 is 14.3 Å². The van der Waals surface area contributed by atoms with E-state index in [-0.39, 0.29) is 12.5 Å². The van der Waals surface area contributed by atoms with Crippen LogP contribution in [0.25, 0.3) is 11.5 Å². The molecule has 6 nitrogen and oxygen atoms in total. The van der Waals surface area contributed by atoms with Gasteiger partial charge in [-0.3, -0.25) is 4.79 Å². The van der Waals surface area contributed by atoms with Crippen LogP contribution in [-0.4, -0.2) is 34.4 Å². The van der Waals surface area contributed by atoms with E-state index < -0.39 is 0 Å². The first-order chi connectivity index (χ1) is 9.29. The fraction of sp³-hybridized carbons (Fsp3) is 0.417. The molecular formula is C12H15N3O3S. The van der Waals surface area contributed by atoms with E-state index >= 15 is 0 Å². The van der Waals surface area contributed by atoms with Crippen molar-refractivity contribution in [2.75, 3.05) is 13.2 Å². The summed E-state index contributed by atoms with van der Waals surface area (Å²) in [4.78, 5) is 11.4. The molecule has 0 aliphatic heterocycles. The Labute approximate surface area is 114 Å². The van der Waals surface area contributed by atoms with Crippen molar-refractivity contribution in [2.45, 2.75) is 19.3 Å². The number of thiophene rings is 1. The second-order valence-corrected chi connectivity index (χ2v) is 4.72. The number of aliphatic hydroxyl groups excluding tert-OH is 1. The summed E-state index contributed by atoms with van der Waals surface area (Å²) < 4.78 is 5.47. The van der Waals surface area contributed by atoms with Gasteiger partial charge in [0.05, 0.1) is 0 Å². The monoisotopic (exact) mass is 281 g/mol. The lowest BCUT2D eigenvalue weighted by Crippen LogP contribution is -2.25. The van der Waals surface area contributed by atoms with Gasteiger partial charge in [0.2, 0.25) is 17.7 Å². The zero-order valence-electron chi connectivity index (χ0n) is 10.3. The molecule has 102 valence electrons. The van der Waals surface area contributed by atoms with Gasteiger partial charge in [-0.1, -0.05) is 0 Å². The number of nitrogens with zero attached hydrogens (tertiary/aromatic N) is 2. The molecule has 19 heavy (non-hydrogen) atoms. The second kappa shape index (κ2) is 7.01. The highest BCUT2D eigenvalue weighted by atomic mass is 32.1. The minimum absolute atomic E-state index is 0.0773. The van der Waals surface area contributed by atoms with Crippen LogP contribution in [-0.2, 0) is 11.2 Å². The molecule has 0 fully saturated rings. The molecule has 2 aromatic heterocycles. The van der Waals surface area contributed by atoms with Gasteiger partial charge in [0, 0.05) is 36.9 Å². The standard InChI is InChI=1S/C12H15N3O3S/c16-6-1-5-13-10(17)2-3-11-14-15-12(18-11)9-4-7-19-8-9/h4,7-8,16H,1-3,5-6H2,(H,13,17). The number of amides is 1. The first-order valence-electron chi connectivity index (χ1n) is 6.02. The summed E-state index contributed by atoms with van der Waals surface area (Å²) in [6.45, 7) is 0.563. The summed E-state index contributed by atoms with van der Waals surface area (Å²) in [5.41, 5.74) is 0.899. The average Bonchev–Trinajstić information content (AvgIpc) is 3.07. The Hall–Kier alpha value is -1.73. The largest absolute Gasteiger partial charge is 0.421 e. The van der Waals surface area contributed by atoms with Crippen molar-refractivity contribution in [1.29, 1.82) is 0 Å². The smallest absolute Gasteiger partial charge is 0.248 e. The molecule has 0 saturated carbocycles. The Bertz CT molecular complexity index is 510. The maximum Gasteiger partial charge on any atom is 0.248 e. The molecule has 0 radical (unpaired) electrons. The first-order valence-corrected chi connectivity index (χ1v) is 6.96. The van der Waals surface area contributed by atoms with Crippen LogP contribution in [0.2, 0.25) is 0 Å². The van der Waals surface area contributed by atoms with E-state index in [0.29, 0.717) is 37.6 Å². The maximum atomic E-state index is 11.4. The van der Waals surface area contributed by atoms with Crippen LogP contribution < -0.4 is 5.32 Å². The Morgan fingerprint density at radius 2 is 2.37 bits per heavy atom. The summed E-state index contributed by atoms with van der Waals surface area (Å²) in [6, 6.07) is 1.91. The molecular weight excluding hydrogens is 266 g/mol. The van der Waals surface area contributed by atoms with Gasteiger partial charge < -0.3 is 14.8 Å². The SMILES string of the molecule is O=C(CCc1nnc(-c2ccsc2)o1)NCCCO. The quantitative estimate of drug-likeness (QED) is 0.745. The van der Waals surface area contributed by atoms with E-state index in [9.17, 15) is 4.79 Å². The highest BCUT2D eigenvalue weighted by molar-refractivity contribution is 7.08. The van der Waals surface area contributed by atoms with Gasteiger partial charge in [-0.2, -0.15) is 11.3 Å². The maximum absolute atomic E-state index is 11.4. The van der Waals surface area contributed by atoms with Crippen molar-refractivity contribution >= 4 is 17.2 Å². The second-order valence-electron chi connectivity index (χ2n) is 3.94. The fourth-order valence-electron chi connectivity index (χ4n) is 1.47. The first kappa shape index (κ1) is 13.7. The van der Waals surface area contributed by atoms with E-state index in [0.717, 1.165) is 5.56 Å². The zero-order chi connectivity index (χ0) is 13.5. The number of hydrogen-bond acceptors (Lipinski definition) is 6. The van der Waals surface area contributed by atoms with E-state index in [2.05, 4.69) is 15.5 Å². The topological polar surface area (TPSA) is 88.2 Å². The van der Waals surface area contributed by atoms with Gasteiger partial charge in [0.25, 0.3) is 0 Å². The number of nitrogens with one attached hydrogen (secondary N) is 1. The number of rotatable bonds is 7. The number of carbonyl (C=O) groups excluding carboxylic acids is 1. The van der Waals surface area contributed by atoms with Crippen LogP contribution in [0, 0.1) is 0 Å². The van der Waals surface area contributed by atoms with Crippen LogP contribution in [0.5, 0.6) is 0 Å². The predicted octanol–water partition coefficient (Wildman–Crippen LogP) is 1.23. The molecule has 2 rings (SSSR count). The number of aromatic nitrogens is 2. The third-order valence-electron chi connectivity index (χ3n) is 2.46. The highest BCUT2D eigenvalue weighted by Crippen LogP contribution is 2.20. The van der Waals surface area contributed by atoms with Gasteiger partial charge in [0.1, 0.15) is 0 Å². The minimum Gasteiger partial charge on any atom is -0.421 e. The van der Waals surface area contributed by atoms with Crippen LogP contribution in [0.3, 0.4) is 0 Å². The highest BCUT2D eigenvalue weighted by Gasteiger charge is 2.10. The fourth-order valence-corrected chi connectivity index (χ4v) is 2.10. The summed E-state index contributed by atoms with van der Waals surface area (Å²) in [6.07, 6.45) is 1.29. The Balaban J connectivity index is 1.79. The molecule has 0 saturated heterocycles. The van der Waals surface area contributed by atoms with Crippen LogP contribution in [0.4, 0.5) is 0 Å². The van der Waals surface area contributed by atoms with Crippen molar-refractivity contribution in [1.82, 2.24) is 15.5 Å². The molecule has 1 amide bonds. The molecule has 0 bridgehead atoms. The average molecular weight is 281 g/mol. The molecule has 0 aliphatic rings. The summed E-state index contributed by atoms with van der Waals surface area (Å²) in [7, 11) is 0. The van der Waals surface area contributed by atoms with E-state index in [4.69, 9.17) is 9.52 Å². The van der Waals surface area contributed by atoms with Crippen molar-refractivity contribution in [3.05, 3.63) is 22.7 Å². The molecule has 0 aliphatic carbocycles. The Morgan fingerprint density at radius 1 is 1.47 bits per heavy atom. The molecule has 7 heteroatoms. The minimum atomic E-state index is -0.0799. The van der Waals surface area contributed by atoms with Crippen molar-refractivity contribution in [3.63, 3.8) is 0 Å². The lowest BCUT2D eigenvalue weighted by molar-refractivity contribution is -0.121. The van der Waals surface area contributed by atoms with Gasteiger partial charge >= 0.3 is 0 Å². The van der Waals surface area contributed by atoms with Crippen LogP contribution >= 0.6 is 11.3 Å². The number of aliphatic hydroxyl groups is 1. The van der Waals surface area contributed by atoms with E-state index in [1.54, 1.807) is 11.3 Å². The molecule has 0 unspecified atom stereocenters. The van der Waals surface area contributed by atoms with Gasteiger partial charge in [-0.25, -0.2) is 0 Å². The zero-order valence-corrected chi connectivity index (χ0v) is 11.2. The summed E-state index contributed by atoms with van der Waals surface area (Å²) in [5.74, 6) is 0.860. The molecule has 0 atom stereocenters. The van der Waals surface area contributed by atoms with Crippen LogP contribution in [0.1, 0.15) is 18.7 Å². The summed E-state index contributed by atoms with van der Waals surface area (Å²) >= 11 is 1.56. The van der Waals surface area contributed by atoms with Crippen molar-refractivity contribution in [2.24, 2.45) is 0 Å². The van der Waals surface area contributed by atoms with Gasteiger partial charge in [-0.05, 0) is 17.9 Å².